The molecule has 0 bridgehead atoms. The van der Waals surface area contributed by atoms with Gasteiger partial charge in [-0.15, -0.1) is 0 Å². The zero-order chi connectivity index (χ0) is 42.3. The molecule has 5 aromatic carbocycles. The number of anilines is 3. The number of fused-ring (bicyclic) bond motifs is 1. The number of hydrogen-bond acceptors (Lipinski definition) is 4. The van der Waals surface area contributed by atoms with E-state index < -0.39 is 0 Å². The Morgan fingerprint density at radius 3 is 1.89 bits per heavy atom. The highest BCUT2D eigenvalue weighted by Crippen LogP contribution is 2.40. The average molecular weight is 821 g/mol. The van der Waals surface area contributed by atoms with Gasteiger partial charge in [0.2, 0.25) is 11.4 Å². The number of ether oxygens (including phenoxy) is 1. The van der Waals surface area contributed by atoms with Gasteiger partial charge in [0.15, 0.2) is 6.04 Å². The summed E-state index contributed by atoms with van der Waals surface area (Å²) in [5.41, 5.74) is 11.5. The van der Waals surface area contributed by atoms with E-state index in [1.54, 1.807) is 6.92 Å². The molecule has 0 saturated heterocycles. The Hall–Kier alpha value is -5.94. The Morgan fingerprint density at radius 2 is 1.23 bits per heavy atom. The molecule has 4 aliphatic carbocycles. The van der Waals surface area contributed by atoms with Gasteiger partial charge in [-0.25, -0.2) is 4.79 Å². The van der Waals surface area contributed by atoms with E-state index in [0.29, 0.717) is 23.7 Å². The Labute approximate surface area is 369 Å². The number of esters is 1. The van der Waals surface area contributed by atoms with Crippen molar-refractivity contribution in [3.63, 3.8) is 0 Å². The molecule has 0 radical (unpaired) electrons. The third kappa shape index (κ3) is 9.28. The topological polar surface area (TPSA) is 44.6 Å². The van der Waals surface area contributed by atoms with Crippen molar-refractivity contribution in [3.8, 4) is 0 Å². The van der Waals surface area contributed by atoms with Gasteiger partial charge in [0.1, 0.15) is 6.10 Å². The molecule has 4 aliphatic rings. The van der Waals surface area contributed by atoms with Crippen LogP contribution < -0.4 is 10.2 Å². The summed E-state index contributed by atoms with van der Waals surface area (Å²) in [6, 6.07) is 46.2. The summed E-state index contributed by atoms with van der Waals surface area (Å²) in [5.74, 6) is -0.283. The predicted octanol–water partition coefficient (Wildman–Crippen LogP) is 14.2. The van der Waals surface area contributed by atoms with Crippen LogP contribution in [-0.4, -0.2) is 40.5 Å². The summed E-state index contributed by atoms with van der Waals surface area (Å²) < 4.78 is 8.31. The number of hydrogen-bond donors (Lipinski definition) is 1. The Morgan fingerprint density at radius 1 is 0.629 bits per heavy atom. The molecular formula is C57H62N3O2+. The number of allylic oxidation sites excluding steroid dienone is 5. The molecule has 5 aromatic rings. The Balaban J connectivity index is 1.10. The number of rotatable bonds is 11. The first-order chi connectivity index (χ1) is 30.5. The molecule has 1 N–H and O–H groups in total. The van der Waals surface area contributed by atoms with Crippen molar-refractivity contribution in [3.05, 3.63) is 174 Å². The van der Waals surface area contributed by atoms with Crippen LogP contribution in [0, 0.1) is 0 Å². The second-order valence-electron chi connectivity index (χ2n) is 18.0. The Bertz CT molecular complexity index is 2460. The molecule has 0 aromatic heterocycles. The van der Waals surface area contributed by atoms with E-state index in [1.165, 1.54) is 120 Å². The molecule has 5 heteroatoms. The first-order valence-corrected chi connectivity index (χ1v) is 23.4. The molecule has 316 valence electrons. The van der Waals surface area contributed by atoms with Gasteiger partial charge in [-0.05, 0) is 128 Å². The molecule has 0 aliphatic heterocycles. The van der Waals surface area contributed by atoms with Gasteiger partial charge in [0.05, 0.1) is 0 Å². The van der Waals surface area contributed by atoms with Crippen LogP contribution in [0.3, 0.4) is 0 Å². The lowest BCUT2D eigenvalue weighted by Gasteiger charge is -2.36. The standard InChI is InChI=1S/C57H61N3O2/c1-41(2)57(61)62-51-37-31-44(32-38-51)58-55-40-39-54(52-25-15-16-26-53(52)55)56(42-27-33-49(34-28-42)59(45-17-7-3-8-18-45)46-19-9-4-10-20-46)43-29-35-50(36-30-43)60(47-21-11-5-12-22-47)48-23-13-6-14-24-48/h3,5,7-8,11-12,15-18,21-22,25-30,33-36,39-40,44,46,48,51H,1,4,6,9-10,13-14,19-20,23-24,31-32,37-38H2,2H3/p+1. The van der Waals surface area contributed by atoms with E-state index in [1.807, 2.05) is 0 Å². The van der Waals surface area contributed by atoms with Crippen molar-refractivity contribution >= 4 is 50.8 Å². The maximum atomic E-state index is 12.2. The minimum atomic E-state index is -0.283. The first kappa shape index (κ1) is 41.4. The van der Waals surface area contributed by atoms with E-state index >= 15 is 0 Å². The van der Waals surface area contributed by atoms with Gasteiger partial charge >= 0.3 is 5.97 Å². The molecule has 62 heavy (non-hydrogen) atoms. The zero-order valence-corrected chi connectivity index (χ0v) is 36.5. The van der Waals surface area contributed by atoms with E-state index in [0.717, 1.165) is 31.4 Å². The third-order valence-electron chi connectivity index (χ3n) is 13.7. The fourth-order valence-electron chi connectivity index (χ4n) is 10.5. The second-order valence-corrected chi connectivity index (χ2v) is 18.0. The van der Waals surface area contributed by atoms with Crippen molar-refractivity contribution in [1.82, 2.24) is 0 Å². The zero-order valence-electron chi connectivity index (χ0n) is 36.5. The monoisotopic (exact) mass is 820 g/mol. The first-order valence-electron chi connectivity index (χ1n) is 23.4. The van der Waals surface area contributed by atoms with Gasteiger partial charge in [0, 0.05) is 77.2 Å². The van der Waals surface area contributed by atoms with E-state index in [2.05, 4.69) is 167 Å². The van der Waals surface area contributed by atoms with E-state index in [9.17, 15) is 4.79 Å². The van der Waals surface area contributed by atoms with Crippen LogP contribution in [0.2, 0.25) is 0 Å². The number of carbonyl (C=O) groups is 1. The highest BCUT2D eigenvalue weighted by Gasteiger charge is 2.30. The molecule has 0 amide bonds. The number of carbonyl (C=O) groups excluding carboxylic acids is 1. The molecule has 5 nitrogen and oxygen atoms in total. The van der Waals surface area contributed by atoms with Crippen LogP contribution in [0.5, 0.6) is 0 Å². The van der Waals surface area contributed by atoms with Crippen molar-refractivity contribution in [2.75, 3.05) is 10.2 Å². The summed E-state index contributed by atoms with van der Waals surface area (Å²) in [7, 11) is 0. The van der Waals surface area contributed by atoms with Crippen molar-refractivity contribution < 1.29 is 14.1 Å². The summed E-state index contributed by atoms with van der Waals surface area (Å²) in [6.45, 7) is 5.48. The summed E-state index contributed by atoms with van der Waals surface area (Å²) in [5, 5.41) is 6.36. The van der Waals surface area contributed by atoms with E-state index in [-0.39, 0.29) is 12.1 Å². The van der Waals surface area contributed by atoms with Gasteiger partial charge < -0.3 is 15.0 Å². The normalized spacial score (nSPS) is 19.6. The lowest BCUT2D eigenvalue weighted by Crippen LogP contribution is -2.32. The molecule has 0 heterocycles. The molecular weight excluding hydrogens is 759 g/mol. The second kappa shape index (κ2) is 19.4. The van der Waals surface area contributed by atoms with Crippen molar-refractivity contribution in [2.45, 2.75) is 121 Å². The van der Waals surface area contributed by atoms with Crippen LogP contribution in [0.4, 0.5) is 22.7 Å². The summed E-state index contributed by atoms with van der Waals surface area (Å²) in [4.78, 5) is 14.8. The predicted molar refractivity (Wildman–Crippen MR) is 259 cm³/mol. The fourth-order valence-corrected chi connectivity index (χ4v) is 10.5. The lowest BCUT2D eigenvalue weighted by molar-refractivity contribution is -0.488. The largest absolute Gasteiger partial charge is 0.459 e. The van der Waals surface area contributed by atoms with Gasteiger partial charge in [-0.2, -0.15) is 4.58 Å². The summed E-state index contributed by atoms with van der Waals surface area (Å²) in [6.07, 6.45) is 25.6. The minimum absolute atomic E-state index is 0.0452. The fraction of sp³-hybridized carbons (Fsp3) is 0.333. The van der Waals surface area contributed by atoms with Crippen molar-refractivity contribution in [1.29, 1.82) is 0 Å². The van der Waals surface area contributed by atoms with Crippen LogP contribution in [0.15, 0.2) is 163 Å². The summed E-state index contributed by atoms with van der Waals surface area (Å²) >= 11 is 0. The van der Waals surface area contributed by atoms with Gasteiger partial charge in [0.25, 0.3) is 0 Å². The number of nitrogens with one attached hydrogen (secondary N) is 1. The molecule has 0 unspecified atom stereocenters. The minimum Gasteiger partial charge on any atom is -0.459 e. The highest BCUT2D eigenvalue weighted by atomic mass is 16.5. The molecule has 0 spiro atoms. The number of nitrogens with zero attached hydrogens (tertiary/aromatic N) is 2. The molecule has 0 atom stereocenters. The van der Waals surface area contributed by atoms with Gasteiger partial charge in [-0.1, -0.05) is 111 Å². The van der Waals surface area contributed by atoms with Gasteiger partial charge in [-0.3, -0.25) is 0 Å². The van der Waals surface area contributed by atoms with Crippen LogP contribution >= 0.6 is 0 Å². The quantitative estimate of drug-likeness (QED) is 0.0819. The SMILES string of the molecule is C=C(C)C(=O)OC1CCC(Nc2ccc(C(=C3C=CC(=[N+](c4ccccc4)C4CCCCC4)C=C3)c3ccc(N(c4ccccc4)C4CCCCC4)cc3)c3ccccc23)CC1. The number of benzene rings is 5. The highest BCUT2D eigenvalue weighted by molar-refractivity contribution is 6.08. The third-order valence-corrected chi connectivity index (χ3v) is 13.7. The van der Waals surface area contributed by atoms with Crippen LogP contribution in [0.25, 0.3) is 16.3 Å². The maximum absolute atomic E-state index is 12.2. The van der Waals surface area contributed by atoms with Crippen LogP contribution in [0.1, 0.15) is 108 Å². The average Bonchev–Trinajstić information content (AvgIpc) is 3.33. The number of para-hydroxylation sites is 2. The van der Waals surface area contributed by atoms with Crippen LogP contribution in [-0.2, 0) is 9.53 Å². The maximum Gasteiger partial charge on any atom is 0.333 e. The molecule has 9 rings (SSSR count). The van der Waals surface area contributed by atoms with E-state index in [4.69, 9.17) is 4.74 Å². The Kier molecular flexibility index (Phi) is 13.0. The van der Waals surface area contributed by atoms with Crippen molar-refractivity contribution in [2.24, 2.45) is 0 Å². The smallest absolute Gasteiger partial charge is 0.333 e. The molecule has 3 saturated carbocycles. The molecule has 3 fully saturated rings. The lowest BCUT2D eigenvalue weighted by atomic mass is 9.87.